The van der Waals surface area contributed by atoms with Crippen molar-refractivity contribution >= 4 is 22.7 Å². The number of nitrogens with two attached hydrogens (primary N) is 1. The van der Waals surface area contributed by atoms with E-state index in [0.717, 1.165) is 23.7 Å². The lowest BCUT2D eigenvalue weighted by atomic mass is 10.3. The van der Waals surface area contributed by atoms with E-state index < -0.39 is 0 Å². The number of nitrogens with zero attached hydrogens (tertiary/aromatic N) is 3. The monoisotopic (exact) mass is 215 g/mol. The van der Waals surface area contributed by atoms with Gasteiger partial charge >= 0.3 is 0 Å². The van der Waals surface area contributed by atoms with Crippen LogP contribution < -0.4 is 11.1 Å². The van der Waals surface area contributed by atoms with Gasteiger partial charge in [0.25, 0.3) is 0 Å². The van der Waals surface area contributed by atoms with Crippen molar-refractivity contribution in [2.24, 2.45) is 5.92 Å². The SMILES string of the molecule is Nc1ccc2c(NCC3CC3)ncnc2n1. The fourth-order valence-electron chi connectivity index (χ4n) is 1.66. The van der Waals surface area contributed by atoms with Crippen molar-refractivity contribution in [3.05, 3.63) is 18.5 Å². The van der Waals surface area contributed by atoms with Crippen LogP contribution in [-0.4, -0.2) is 21.5 Å². The minimum absolute atomic E-state index is 0.486. The van der Waals surface area contributed by atoms with E-state index in [4.69, 9.17) is 5.73 Å². The molecule has 5 heteroatoms. The molecule has 0 spiro atoms. The lowest BCUT2D eigenvalue weighted by molar-refractivity contribution is 0.883. The third-order valence-electron chi connectivity index (χ3n) is 2.77. The maximum Gasteiger partial charge on any atom is 0.166 e. The van der Waals surface area contributed by atoms with Gasteiger partial charge in [0.15, 0.2) is 5.65 Å². The smallest absolute Gasteiger partial charge is 0.166 e. The van der Waals surface area contributed by atoms with Crippen molar-refractivity contribution in [1.82, 2.24) is 15.0 Å². The van der Waals surface area contributed by atoms with Crippen molar-refractivity contribution < 1.29 is 0 Å². The van der Waals surface area contributed by atoms with Crippen LogP contribution in [0.1, 0.15) is 12.8 Å². The molecule has 0 bridgehead atoms. The van der Waals surface area contributed by atoms with Gasteiger partial charge in [-0.1, -0.05) is 0 Å². The Morgan fingerprint density at radius 1 is 1.31 bits per heavy atom. The third-order valence-corrected chi connectivity index (χ3v) is 2.77. The molecular weight excluding hydrogens is 202 g/mol. The average molecular weight is 215 g/mol. The van der Waals surface area contributed by atoms with E-state index in [2.05, 4.69) is 20.3 Å². The zero-order chi connectivity index (χ0) is 11.0. The molecule has 16 heavy (non-hydrogen) atoms. The second-order valence-corrected chi connectivity index (χ2v) is 4.15. The number of anilines is 2. The highest BCUT2D eigenvalue weighted by Gasteiger charge is 2.21. The Kier molecular flexibility index (Phi) is 2.09. The van der Waals surface area contributed by atoms with E-state index in [9.17, 15) is 0 Å². The van der Waals surface area contributed by atoms with Crippen molar-refractivity contribution in [2.45, 2.75) is 12.8 Å². The van der Waals surface area contributed by atoms with Gasteiger partial charge in [-0.2, -0.15) is 0 Å². The van der Waals surface area contributed by atoms with Crippen LogP contribution in [0.2, 0.25) is 0 Å². The standard InChI is InChI=1S/C11H13N5/c12-9-4-3-8-10(13-5-7-1-2-7)14-6-15-11(8)16-9/h3-4,6-7H,1-2,5H2,(H3,12,13,14,15,16). The lowest BCUT2D eigenvalue weighted by Gasteiger charge is -2.06. The van der Waals surface area contributed by atoms with Gasteiger partial charge in [0.1, 0.15) is 18.0 Å². The average Bonchev–Trinajstić information content (AvgIpc) is 3.09. The van der Waals surface area contributed by atoms with Crippen LogP contribution in [0.25, 0.3) is 11.0 Å². The molecule has 0 unspecified atom stereocenters. The largest absolute Gasteiger partial charge is 0.384 e. The number of nitrogen functional groups attached to an aromatic ring is 1. The van der Waals surface area contributed by atoms with Gasteiger partial charge in [0.2, 0.25) is 0 Å². The Hall–Kier alpha value is -1.91. The minimum atomic E-state index is 0.486. The highest BCUT2D eigenvalue weighted by atomic mass is 15.0. The predicted octanol–water partition coefficient (Wildman–Crippen LogP) is 1.43. The molecule has 0 saturated heterocycles. The number of hydrogen-bond donors (Lipinski definition) is 2. The van der Waals surface area contributed by atoms with Crippen LogP contribution in [0.4, 0.5) is 11.6 Å². The summed E-state index contributed by atoms with van der Waals surface area (Å²) < 4.78 is 0. The molecule has 1 saturated carbocycles. The first-order valence-electron chi connectivity index (χ1n) is 5.44. The number of hydrogen-bond acceptors (Lipinski definition) is 5. The Labute approximate surface area is 93.1 Å². The quantitative estimate of drug-likeness (QED) is 0.809. The molecule has 0 atom stereocenters. The van der Waals surface area contributed by atoms with E-state index in [0.29, 0.717) is 11.5 Å². The number of rotatable bonds is 3. The molecule has 3 N–H and O–H groups in total. The predicted molar refractivity (Wildman–Crippen MR) is 63.0 cm³/mol. The number of nitrogens with one attached hydrogen (secondary N) is 1. The molecule has 2 heterocycles. The lowest BCUT2D eigenvalue weighted by Crippen LogP contribution is -2.06. The summed E-state index contributed by atoms with van der Waals surface area (Å²) in [6.07, 6.45) is 4.16. The third kappa shape index (κ3) is 1.76. The van der Waals surface area contributed by atoms with Crippen LogP contribution in [-0.2, 0) is 0 Å². The van der Waals surface area contributed by atoms with Crippen molar-refractivity contribution in [2.75, 3.05) is 17.6 Å². The summed E-state index contributed by atoms with van der Waals surface area (Å²) >= 11 is 0. The van der Waals surface area contributed by atoms with Crippen LogP contribution in [0, 0.1) is 5.92 Å². The highest BCUT2D eigenvalue weighted by Crippen LogP contribution is 2.29. The first-order valence-corrected chi connectivity index (χ1v) is 5.44. The molecule has 0 radical (unpaired) electrons. The molecule has 82 valence electrons. The minimum Gasteiger partial charge on any atom is -0.384 e. The maximum atomic E-state index is 5.61. The molecule has 2 aromatic heterocycles. The van der Waals surface area contributed by atoms with Crippen molar-refractivity contribution in [3.63, 3.8) is 0 Å². The topological polar surface area (TPSA) is 76.7 Å². The molecular formula is C11H13N5. The molecule has 0 amide bonds. The van der Waals surface area contributed by atoms with E-state index in [1.807, 2.05) is 6.07 Å². The van der Waals surface area contributed by atoms with Crippen LogP contribution in [0.3, 0.4) is 0 Å². The zero-order valence-electron chi connectivity index (χ0n) is 8.85. The van der Waals surface area contributed by atoms with Crippen molar-refractivity contribution in [1.29, 1.82) is 0 Å². The molecule has 1 fully saturated rings. The summed E-state index contributed by atoms with van der Waals surface area (Å²) in [5.41, 5.74) is 6.26. The summed E-state index contributed by atoms with van der Waals surface area (Å²) in [5.74, 6) is 2.15. The number of aromatic nitrogens is 3. The van der Waals surface area contributed by atoms with Gasteiger partial charge in [0.05, 0.1) is 5.39 Å². The van der Waals surface area contributed by atoms with Gasteiger partial charge in [-0.3, -0.25) is 0 Å². The normalized spacial score (nSPS) is 15.2. The Morgan fingerprint density at radius 2 is 2.19 bits per heavy atom. The van der Waals surface area contributed by atoms with E-state index >= 15 is 0 Å². The highest BCUT2D eigenvalue weighted by molar-refractivity contribution is 5.86. The summed E-state index contributed by atoms with van der Waals surface area (Å²) in [6, 6.07) is 3.68. The second-order valence-electron chi connectivity index (χ2n) is 4.15. The number of pyridine rings is 1. The van der Waals surface area contributed by atoms with Gasteiger partial charge < -0.3 is 11.1 Å². The molecule has 0 aliphatic heterocycles. The summed E-state index contributed by atoms with van der Waals surface area (Å²) in [6.45, 7) is 0.983. The second kappa shape index (κ2) is 3.59. The van der Waals surface area contributed by atoms with Gasteiger partial charge in [-0.25, -0.2) is 15.0 Å². The first-order chi connectivity index (χ1) is 7.83. The van der Waals surface area contributed by atoms with Crippen LogP contribution >= 0.6 is 0 Å². The van der Waals surface area contributed by atoms with E-state index in [1.165, 1.54) is 19.2 Å². The molecule has 1 aliphatic carbocycles. The Bertz CT molecular complexity index is 521. The molecule has 3 rings (SSSR count). The Balaban J connectivity index is 1.95. The molecule has 1 aliphatic rings. The van der Waals surface area contributed by atoms with Gasteiger partial charge in [-0.05, 0) is 30.9 Å². The van der Waals surface area contributed by atoms with E-state index in [-0.39, 0.29) is 0 Å². The molecule has 2 aromatic rings. The molecule has 5 nitrogen and oxygen atoms in total. The van der Waals surface area contributed by atoms with Crippen molar-refractivity contribution in [3.8, 4) is 0 Å². The van der Waals surface area contributed by atoms with Crippen LogP contribution in [0.15, 0.2) is 18.5 Å². The van der Waals surface area contributed by atoms with E-state index in [1.54, 1.807) is 6.07 Å². The fraction of sp³-hybridized carbons (Fsp3) is 0.364. The van der Waals surface area contributed by atoms with Gasteiger partial charge in [0, 0.05) is 6.54 Å². The maximum absolute atomic E-state index is 5.61. The van der Waals surface area contributed by atoms with Gasteiger partial charge in [-0.15, -0.1) is 0 Å². The number of fused-ring (bicyclic) bond motifs is 1. The Morgan fingerprint density at radius 3 is 3.00 bits per heavy atom. The summed E-state index contributed by atoms with van der Waals surface area (Å²) in [4.78, 5) is 12.5. The zero-order valence-corrected chi connectivity index (χ0v) is 8.85. The van der Waals surface area contributed by atoms with Crippen LogP contribution in [0.5, 0.6) is 0 Å². The fourth-order valence-corrected chi connectivity index (χ4v) is 1.66. The first kappa shape index (κ1) is 9.33. The molecule has 0 aromatic carbocycles. The summed E-state index contributed by atoms with van der Waals surface area (Å²) in [5, 5.41) is 4.27. The summed E-state index contributed by atoms with van der Waals surface area (Å²) in [7, 11) is 0.